The maximum absolute atomic E-state index is 13.2. The molecule has 4 amide bonds. The van der Waals surface area contributed by atoms with Crippen molar-refractivity contribution in [3.63, 3.8) is 0 Å². The van der Waals surface area contributed by atoms with E-state index in [0.29, 0.717) is 5.01 Å². The maximum atomic E-state index is 13.2. The van der Waals surface area contributed by atoms with Gasteiger partial charge in [-0.1, -0.05) is 43.6 Å². The van der Waals surface area contributed by atoms with Crippen molar-refractivity contribution in [1.82, 2.24) is 20.7 Å². The van der Waals surface area contributed by atoms with Crippen LogP contribution < -0.4 is 16.5 Å². The summed E-state index contributed by atoms with van der Waals surface area (Å²) in [6.07, 6.45) is -0.316. The Labute approximate surface area is 177 Å². The molecule has 1 aromatic carbocycles. The van der Waals surface area contributed by atoms with E-state index in [1.165, 1.54) is 0 Å². The van der Waals surface area contributed by atoms with Gasteiger partial charge in [0.15, 0.2) is 0 Å². The van der Waals surface area contributed by atoms with Crippen LogP contribution in [0, 0.1) is 5.92 Å². The SMILES string of the molecule is CC(C)[C@H](NC(=O)c1cc2ccccc2[nH]1)C(=O)NN(CCC(N)=O)C(=O)C(F)Cl. The van der Waals surface area contributed by atoms with E-state index >= 15 is 0 Å². The van der Waals surface area contributed by atoms with Crippen molar-refractivity contribution in [2.45, 2.75) is 31.9 Å². The van der Waals surface area contributed by atoms with E-state index in [1.807, 2.05) is 18.2 Å². The highest BCUT2D eigenvalue weighted by Crippen LogP contribution is 2.15. The summed E-state index contributed by atoms with van der Waals surface area (Å²) in [5, 5.41) is 4.00. The molecule has 11 heteroatoms. The van der Waals surface area contributed by atoms with Crippen LogP contribution in [0.1, 0.15) is 30.8 Å². The number of benzene rings is 1. The van der Waals surface area contributed by atoms with E-state index in [0.717, 1.165) is 10.9 Å². The Bertz CT molecular complexity index is 913. The van der Waals surface area contributed by atoms with Crippen LogP contribution in [0.4, 0.5) is 4.39 Å². The fourth-order valence-electron chi connectivity index (χ4n) is 2.71. The van der Waals surface area contributed by atoms with Crippen LogP contribution >= 0.6 is 11.6 Å². The van der Waals surface area contributed by atoms with Gasteiger partial charge in [0, 0.05) is 17.3 Å². The molecule has 1 unspecified atom stereocenters. The number of hydrazine groups is 1. The molecule has 0 spiro atoms. The Morgan fingerprint density at radius 2 is 1.90 bits per heavy atom. The van der Waals surface area contributed by atoms with Gasteiger partial charge in [-0.15, -0.1) is 0 Å². The fourth-order valence-corrected chi connectivity index (χ4v) is 2.83. The second-order valence-electron chi connectivity index (χ2n) is 6.95. The molecule has 1 heterocycles. The van der Waals surface area contributed by atoms with Gasteiger partial charge in [-0.2, -0.15) is 0 Å². The average Bonchev–Trinajstić information content (AvgIpc) is 3.12. The summed E-state index contributed by atoms with van der Waals surface area (Å²) in [5.74, 6) is -3.68. The van der Waals surface area contributed by atoms with Crippen molar-refractivity contribution in [3.05, 3.63) is 36.0 Å². The Morgan fingerprint density at radius 3 is 2.47 bits per heavy atom. The Morgan fingerprint density at radius 1 is 1.23 bits per heavy atom. The van der Waals surface area contributed by atoms with Crippen molar-refractivity contribution < 1.29 is 23.6 Å². The van der Waals surface area contributed by atoms with Crippen LogP contribution in [0.25, 0.3) is 10.9 Å². The first-order valence-electron chi connectivity index (χ1n) is 9.17. The normalized spacial score (nSPS) is 13.0. The number of para-hydroxylation sites is 1. The number of nitrogens with zero attached hydrogens (tertiary/aromatic N) is 1. The number of nitrogens with two attached hydrogens (primary N) is 1. The molecular formula is C19H23ClFN5O4. The van der Waals surface area contributed by atoms with Crippen LogP contribution in [0.5, 0.6) is 0 Å². The molecular weight excluding hydrogens is 417 g/mol. The number of hydrogen-bond acceptors (Lipinski definition) is 4. The number of carbonyl (C=O) groups is 4. The van der Waals surface area contributed by atoms with Gasteiger partial charge in [0.05, 0.1) is 6.54 Å². The average molecular weight is 440 g/mol. The minimum atomic E-state index is -2.42. The van der Waals surface area contributed by atoms with Gasteiger partial charge >= 0.3 is 0 Å². The van der Waals surface area contributed by atoms with Crippen molar-refractivity contribution in [2.24, 2.45) is 11.7 Å². The number of hydrogen-bond donors (Lipinski definition) is 4. The van der Waals surface area contributed by atoms with Gasteiger partial charge in [0.25, 0.3) is 23.4 Å². The van der Waals surface area contributed by atoms with Gasteiger partial charge in [0.1, 0.15) is 11.7 Å². The van der Waals surface area contributed by atoms with E-state index in [4.69, 9.17) is 17.3 Å². The smallest absolute Gasteiger partial charge is 0.291 e. The van der Waals surface area contributed by atoms with Gasteiger partial charge in [-0.25, -0.2) is 9.40 Å². The summed E-state index contributed by atoms with van der Waals surface area (Å²) in [5.41, 5.74) is 5.84. The predicted molar refractivity (Wildman–Crippen MR) is 109 cm³/mol. The van der Waals surface area contributed by atoms with Crippen molar-refractivity contribution >= 4 is 46.1 Å². The number of primary amides is 1. The van der Waals surface area contributed by atoms with E-state index in [2.05, 4.69) is 15.7 Å². The number of nitrogens with one attached hydrogen (secondary N) is 3. The number of alkyl halides is 2. The van der Waals surface area contributed by atoms with Crippen LogP contribution in [-0.4, -0.2) is 51.8 Å². The van der Waals surface area contributed by atoms with E-state index in [9.17, 15) is 23.6 Å². The van der Waals surface area contributed by atoms with E-state index < -0.39 is 35.3 Å². The lowest BCUT2D eigenvalue weighted by molar-refractivity contribution is -0.144. The lowest BCUT2D eigenvalue weighted by atomic mass is 10.0. The second kappa shape index (κ2) is 10.1. The third-order valence-corrected chi connectivity index (χ3v) is 4.48. The third-order valence-electron chi connectivity index (χ3n) is 4.29. The maximum Gasteiger partial charge on any atom is 0.291 e. The summed E-state index contributed by atoms with van der Waals surface area (Å²) >= 11 is 5.17. The first kappa shape index (κ1) is 23.1. The summed E-state index contributed by atoms with van der Waals surface area (Å²) in [7, 11) is 0. The molecule has 2 atom stereocenters. The number of amides is 4. The summed E-state index contributed by atoms with van der Waals surface area (Å²) in [6.45, 7) is 3.00. The van der Waals surface area contributed by atoms with Crippen molar-refractivity contribution in [3.8, 4) is 0 Å². The molecule has 2 rings (SSSR count). The number of halogens is 2. The highest BCUT2D eigenvalue weighted by atomic mass is 35.5. The lowest BCUT2D eigenvalue weighted by Gasteiger charge is -2.27. The quantitative estimate of drug-likeness (QED) is 0.362. The number of H-pyrrole nitrogens is 1. The van der Waals surface area contributed by atoms with Gasteiger partial charge in [-0.05, 0) is 18.1 Å². The van der Waals surface area contributed by atoms with Gasteiger partial charge < -0.3 is 16.0 Å². The van der Waals surface area contributed by atoms with Crippen LogP contribution in [-0.2, 0) is 14.4 Å². The third kappa shape index (κ3) is 5.93. The number of rotatable bonds is 8. The summed E-state index contributed by atoms with van der Waals surface area (Å²) in [4.78, 5) is 51.2. The molecule has 0 bridgehead atoms. The van der Waals surface area contributed by atoms with Gasteiger partial charge in [-0.3, -0.25) is 24.6 Å². The fraction of sp³-hybridized carbons (Fsp3) is 0.368. The summed E-state index contributed by atoms with van der Waals surface area (Å²) < 4.78 is 13.2. The first-order valence-corrected chi connectivity index (χ1v) is 9.60. The number of aromatic amines is 1. The molecule has 0 saturated heterocycles. The zero-order valence-corrected chi connectivity index (χ0v) is 17.2. The largest absolute Gasteiger partial charge is 0.370 e. The molecule has 5 N–H and O–H groups in total. The number of fused-ring (bicyclic) bond motifs is 1. The molecule has 0 aliphatic carbocycles. The number of carbonyl (C=O) groups excluding carboxylic acids is 4. The van der Waals surface area contributed by atoms with Crippen LogP contribution in [0.15, 0.2) is 30.3 Å². The highest BCUT2D eigenvalue weighted by molar-refractivity contribution is 6.29. The van der Waals surface area contributed by atoms with Crippen LogP contribution in [0.3, 0.4) is 0 Å². The monoisotopic (exact) mass is 439 g/mol. The Kier molecular flexibility index (Phi) is 7.76. The molecule has 0 radical (unpaired) electrons. The molecule has 162 valence electrons. The molecule has 2 aromatic rings. The molecule has 30 heavy (non-hydrogen) atoms. The van der Waals surface area contributed by atoms with E-state index in [-0.39, 0.29) is 24.6 Å². The lowest BCUT2D eigenvalue weighted by Crippen LogP contribution is -2.57. The summed E-state index contributed by atoms with van der Waals surface area (Å²) in [6, 6.07) is 7.87. The molecule has 9 nitrogen and oxygen atoms in total. The standard InChI is InChI=1S/C19H23ClFN5O4/c1-10(2)15(18(29)25-26(8-7-14(22)27)19(30)16(20)21)24-17(28)13-9-11-5-3-4-6-12(11)23-13/h3-6,9-10,15-16,23H,7-8H2,1-2H3,(H2,22,27)(H,24,28)(H,25,29)/t15-,16?/m0/s1. The Hall–Kier alpha value is -3.14. The van der Waals surface area contributed by atoms with E-state index in [1.54, 1.807) is 26.0 Å². The predicted octanol–water partition coefficient (Wildman–Crippen LogP) is 1.19. The Balaban J connectivity index is 2.14. The van der Waals surface area contributed by atoms with Crippen molar-refractivity contribution in [1.29, 1.82) is 0 Å². The van der Waals surface area contributed by atoms with Crippen LogP contribution in [0.2, 0.25) is 0 Å². The number of aromatic nitrogens is 1. The molecule has 0 aliphatic heterocycles. The molecule has 1 aromatic heterocycles. The molecule has 0 aliphatic rings. The highest BCUT2D eigenvalue weighted by Gasteiger charge is 2.30. The topological polar surface area (TPSA) is 137 Å². The first-order chi connectivity index (χ1) is 14.1. The minimum Gasteiger partial charge on any atom is -0.370 e. The molecule has 0 fully saturated rings. The second-order valence-corrected chi connectivity index (χ2v) is 7.33. The zero-order valence-electron chi connectivity index (χ0n) is 16.4. The zero-order chi connectivity index (χ0) is 22.4. The molecule has 0 saturated carbocycles. The van der Waals surface area contributed by atoms with Crippen molar-refractivity contribution in [2.75, 3.05) is 6.54 Å². The minimum absolute atomic E-state index is 0.251. The van der Waals surface area contributed by atoms with Gasteiger partial charge in [0.2, 0.25) is 5.91 Å².